The molecule has 0 atom stereocenters. The summed E-state index contributed by atoms with van der Waals surface area (Å²) in [4.78, 5) is 18.1. The number of aryl methyl sites for hydroxylation is 2. The first-order valence-corrected chi connectivity index (χ1v) is 14.7. The zero-order valence-corrected chi connectivity index (χ0v) is 22.1. The van der Waals surface area contributed by atoms with Crippen LogP contribution < -0.4 is 10.2 Å². The lowest BCUT2D eigenvalue weighted by molar-refractivity contribution is -0.136. The molecule has 1 fully saturated rings. The van der Waals surface area contributed by atoms with Crippen LogP contribution in [0.2, 0.25) is 0 Å². The Bertz CT molecular complexity index is 1300. The molecule has 9 heteroatoms. The van der Waals surface area contributed by atoms with Crippen molar-refractivity contribution >= 4 is 54.4 Å². The van der Waals surface area contributed by atoms with Gasteiger partial charge in [-0.05, 0) is 68.0 Å². The molecule has 1 aliphatic rings. The van der Waals surface area contributed by atoms with Crippen molar-refractivity contribution < 1.29 is 18.3 Å². The van der Waals surface area contributed by atoms with Crippen molar-refractivity contribution in [3.63, 3.8) is 0 Å². The highest BCUT2D eigenvalue weighted by molar-refractivity contribution is 7.91. The molecule has 1 aliphatic heterocycles. The molecule has 4 rings (SSSR count). The third-order valence-electron chi connectivity index (χ3n) is 6.30. The molecule has 188 valence electrons. The maximum Gasteiger partial charge on any atom is 0.303 e. The number of benzene rings is 2. The van der Waals surface area contributed by atoms with Crippen LogP contribution in [0.4, 0.5) is 17.1 Å². The summed E-state index contributed by atoms with van der Waals surface area (Å²) in [5, 5.41) is 13.7. The molecule has 2 N–H and O–H groups in total. The molecule has 1 aromatic heterocycles. The number of carboxylic acid groups (broad SMARTS) is 1. The number of carbonyl (C=O) groups is 1. The van der Waals surface area contributed by atoms with Gasteiger partial charge in [-0.2, -0.15) is 0 Å². The number of aromatic nitrogens is 1. The van der Waals surface area contributed by atoms with E-state index in [1.54, 1.807) is 11.3 Å². The summed E-state index contributed by atoms with van der Waals surface area (Å²) < 4.78 is 25.3. The molecule has 0 bridgehead atoms. The van der Waals surface area contributed by atoms with E-state index in [0.717, 1.165) is 44.4 Å². The standard InChI is InChI=1S/C26H33N3O4S2/c1-17(2)16-29(21-10-12-35(32,33)13-11-21)24-7-4-19(5-9-26(30)31)14-22(24)28-20-6-8-25-23(15-20)27-18(3)34-25/h4,6-8,14-15,17,21,28H,5,9-13,16H2,1-3H3,(H,30,31). The number of fused-ring (bicyclic) bond motifs is 1. The topological polar surface area (TPSA) is 99.6 Å². The van der Waals surface area contributed by atoms with E-state index >= 15 is 0 Å². The third kappa shape index (κ3) is 6.52. The summed E-state index contributed by atoms with van der Waals surface area (Å²) >= 11 is 1.66. The lowest BCUT2D eigenvalue weighted by Crippen LogP contribution is -2.43. The van der Waals surface area contributed by atoms with Crippen molar-refractivity contribution in [2.24, 2.45) is 5.92 Å². The van der Waals surface area contributed by atoms with Crippen molar-refractivity contribution in [2.45, 2.75) is 52.5 Å². The maximum atomic E-state index is 12.1. The first-order chi connectivity index (χ1) is 16.6. The minimum absolute atomic E-state index is 0.0685. The number of carboxylic acids is 1. The van der Waals surface area contributed by atoms with Gasteiger partial charge in [0.1, 0.15) is 9.84 Å². The number of hydrogen-bond acceptors (Lipinski definition) is 7. The van der Waals surface area contributed by atoms with E-state index in [4.69, 9.17) is 5.11 Å². The smallest absolute Gasteiger partial charge is 0.303 e. The van der Waals surface area contributed by atoms with E-state index < -0.39 is 15.8 Å². The predicted octanol–water partition coefficient (Wildman–Crippen LogP) is 5.41. The highest BCUT2D eigenvalue weighted by Crippen LogP contribution is 2.36. The van der Waals surface area contributed by atoms with Crippen LogP contribution >= 0.6 is 11.3 Å². The van der Waals surface area contributed by atoms with Gasteiger partial charge in [-0.1, -0.05) is 19.9 Å². The number of thiazole rings is 1. The Morgan fingerprint density at radius 2 is 1.94 bits per heavy atom. The summed E-state index contributed by atoms with van der Waals surface area (Å²) in [6.07, 6.45) is 1.73. The fourth-order valence-corrected chi connectivity index (χ4v) is 6.92. The highest BCUT2D eigenvalue weighted by Gasteiger charge is 2.29. The van der Waals surface area contributed by atoms with Crippen LogP contribution in [0.25, 0.3) is 10.2 Å². The lowest BCUT2D eigenvalue weighted by atomic mass is 10.0. The van der Waals surface area contributed by atoms with E-state index in [9.17, 15) is 13.2 Å². The Morgan fingerprint density at radius 3 is 2.63 bits per heavy atom. The summed E-state index contributed by atoms with van der Waals surface area (Å²) in [6.45, 7) is 7.13. The van der Waals surface area contributed by atoms with E-state index in [0.29, 0.717) is 25.2 Å². The third-order valence-corrected chi connectivity index (χ3v) is 8.97. The van der Waals surface area contributed by atoms with Crippen molar-refractivity contribution in [1.82, 2.24) is 4.98 Å². The number of nitrogens with zero attached hydrogens (tertiary/aromatic N) is 2. The van der Waals surface area contributed by atoms with Gasteiger partial charge >= 0.3 is 5.97 Å². The van der Waals surface area contributed by atoms with Gasteiger partial charge in [-0.15, -0.1) is 11.3 Å². The van der Waals surface area contributed by atoms with Crippen LogP contribution in [0, 0.1) is 12.8 Å². The van der Waals surface area contributed by atoms with Crippen molar-refractivity contribution in [3.8, 4) is 0 Å². The quantitative estimate of drug-likeness (QED) is 0.393. The number of sulfone groups is 1. The first-order valence-electron chi connectivity index (χ1n) is 12.1. The Kier molecular flexibility index (Phi) is 7.66. The molecule has 0 aliphatic carbocycles. The zero-order chi connectivity index (χ0) is 25.2. The van der Waals surface area contributed by atoms with Crippen molar-refractivity contribution in [2.75, 3.05) is 28.3 Å². The predicted molar refractivity (Wildman–Crippen MR) is 144 cm³/mol. The van der Waals surface area contributed by atoms with Crippen LogP contribution in [-0.4, -0.2) is 48.6 Å². The van der Waals surface area contributed by atoms with E-state index in [2.05, 4.69) is 41.2 Å². The molecular formula is C26H33N3O4S2. The Labute approximate surface area is 211 Å². The zero-order valence-electron chi connectivity index (χ0n) is 20.5. The largest absolute Gasteiger partial charge is 0.481 e. The monoisotopic (exact) mass is 515 g/mol. The number of anilines is 3. The molecule has 0 spiro atoms. The number of hydrogen-bond donors (Lipinski definition) is 2. The van der Waals surface area contributed by atoms with Crippen molar-refractivity contribution in [1.29, 1.82) is 0 Å². The molecular weight excluding hydrogens is 482 g/mol. The second kappa shape index (κ2) is 10.5. The fraction of sp³-hybridized carbons (Fsp3) is 0.462. The van der Waals surface area contributed by atoms with Gasteiger partial charge in [0, 0.05) is 24.7 Å². The van der Waals surface area contributed by atoms with Gasteiger partial charge in [0.15, 0.2) is 0 Å². The number of aliphatic carboxylic acids is 1. The van der Waals surface area contributed by atoms with E-state index in [1.165, 1.54) is 0 Å². The van der Waals surface area contributed by atoms with Gasteiger partial charge in [0.2, 0.25) is 0 Å². The average molecular weight is 516 g/mol. The SMILES string of the molecule is Cc1nc2cc(Nc3cc(CCC(=O)O)ccc3N(CC(C)C)C3CCS(=O)(=O)CC3)ccc2s1. The van der Waals surface area contributed by atoms with E-state index in [-0.39, 0.29) is 24.0 Å². The van der Waals surface area contributed by atoms with E-state index in [1.807, 2.05) is 31.2 Å². The van der Waals surface area contributed by atoms with Gasteiger partial charge in [-0.3, -0.25) is 4.79 Å². The molecule has 35 heavy (non-hydrogen) atoms. The number of rotatable bonds is 9. The van der Waals surface area contributed by atoms with Gasteiger partial charge < -0.3 is 15.3 Å². The Morgan fingerprint density at radius 1 is 1.20 bits per heavy atom. The lowest BCUT2D eigenvalue weighted by Gasteiger charge is -2.38. The molecule has 7 nitrogen and oxygen atoms in total. The summed E-state index contributed by atoms with van der Waals surface area (Å²) in [5.41, 5.74) is 4.71. The molecule has 1 saturated heterocycles. The highest BCUT2D eigenvalue weighted by atomic mass is 32.2. The Balaban J connectivity index is 1.71. The van der Waals surface area contributed by atoms with Gasteiger partial charge in [-0.25, -0.2) is 13.4 Å². The normalized spacial score (nSPS) is 16.0. The minimum atomic E-state index is -2.96. The van der Waals surface area contributed by atoms with Gasteiger partial charge in [0.25, 0.3) is 0 Å². The molecule has 3 aromatic rings. The van der Waals surface area contributed by atoms with Crippen LogP contribution in [-0.2, 0) is 21.1 Å². The van der Waals surface area contributed by atoms with Crippen LogP contribution in [0.5, 0.6) is 0 Å². The first kappa shape index (κ1) is 25.4. The minimum Gasteiger partial charge on any atom is -0.481 e. The molecule has 2 aromatic carbocycles. The van der Waals surface area contributed by atoms with Gasteiger partial charge in [0.05, 0.1) is 38.1 Å². The second-order valence-corrected chi connectivity index (χ2v) is 13.3. The second-order valence-electron chi connectivity index (χ2n) is 9.71. The fourth-order valence-electron chi connectivity index (χ4n) is 4.64. The molecule has 0 radical (unpaired) electrons. The maximum absolute atomic E-state index is 12.1. The van der Waals surface area contributed by atoms with Crippen LogP contribution in [0.1, 0.15) is 43.7 Å². The Hall–Kier alpha value is -2.65. The van der Waals surface area contributed by atoms with Crippen LogP contribution in [0.15, 0.2) is 36.4 Å². The summed E-state index contributed by atoms with van der Waals surface area (Å²) in [6, 6.07) is 12.3. The molecule has 2 heterocycles. The molecule has 0 amide bonds. The summed E-state index contributed by atoms with van der Waals surface area (Å²) in [5.74, 6) is -0.00267. The number of nitrogens with one attached hydrogen (secondary N) is 1. The molecule has 0 saturated carbocycles. The molecule has 0 unspecified atom stereocenters. The van der Waals surface area contributed by atoms with Crippen molar-refractivity contribution in [3.05, 3.63) is 47.0 Å². The average Bonchev–Trinajstić information content (AvgIpc) is 3.16. The van der Waals surface area contributed by atoms with Crippen LogP contribution in [0.3, 0.4) is 0 Å². The summed E-state index contributed by atoms with van der Waals surface area (Å²) in [7, 11) is -2.96.